The van der Waals surface area contributed by atoms with Gasteiger partial charge in [0.1, 0.15) is 0 Å². The lowest BCUT2D eigenvalue weighted by Gasteiger charge is -2.17. The molecule has 0 spiro atoms. The van der Waals surface area contributed by atoms with E-state index in [0.29, 0.717) is 12.0 Å². The van der Waals surface area contributed by atoms with E-state index in [2.05, 4.69) is 5.32 Å². The minimum atomic E-state index is -0.552. The fourth-order valence-electron chi connectivity index (χ4n) is 1.69. The quantitative estimate of drug-likeness (QED) is 0.591. The summed E-state index contributed by atoms with van der Waals surface area (Å²) >= 11 is 1.63. The van der Waals surface area contributed by atoms with Gasteiger partial charge in [0.2, 0.25) is 5.91 Å². The Morgan fingerprint density at radius 2 is 2.25 bits per heavy atom. The van der Waals surface area contributed by atoms with Crippen LogP contribution in [0.1, 0.15) is 24.9 Å². The molecule has 2 atom stereocenters. The van der Waals surface area contributed by atoms with Crippen LogP contribution < -0.4 is 11.1 Å². The summed E-state index contributed by atoms with van der Waals surface area (Å²) in [6.45, 7) is 1.78. The summed E-state index contributed by atoms with van der Waals surface area (Å²) in [4.78, 5) is 22.1. The number of rotatable bonds is 7. The fraction of sp³-hybridized carbons (Fsp3) is 0.462. The molecule has 1 rings (SSSR count). The minimum absolute atomic E-state index is 0.00952. The van der Waals surface area contributed by atoms with Crippen molar-refractivity contribution in [1.82, 2.24) is 5.32 Å². The number of nitro benzene ring substituents is 1. The molecular weight excluding hydrogens is 278 g/mol. The first-order valence-electron chi connectivity index (χ1n) is 6.25. The van der Waals surface area contributed by atoms with Crippen molar-refractivity contribution in [2.24, 2.45) is 5.73 Å². The van der Waals surface area contributed by atoms with Crippen molar-refractivity contribution >= 4 is 23.4 Å². The van der Waals surface area contributed by atoms with E-state index in [1.807, 2.05) is 6.26 Å². The summed E-state index contributed by atoms with van der Waals surface area (Å²) in [5.41, 5.74) is 6.47. The first-order valence-corrected chi connectivity index (χ1v) is 7.64. The minimum Gasteiger partial charge on any atom is -0.348 e. The maximum atomic E-state index is 11.9. The van der Waals surface area contributed by atoms with E-state index in [0.717, 1.165) is 5.75 Å². The van der Waals surface area contributed by atoms with Gasteiger partial charge in [-0.05, 0) is 30.9 Å². The standard InChI is InChI=1S/C13H19N3O3S/c1-9(15-13(17)12(14)6-7-20-2)10-4-3-5-11(8-10)16(18)19/h3-5,8-9,12H,6-7,14H2,1-2H3,(H,15,17)/t9?,12-/m0/s1. The average Bonchev–Trinajstić information content (AvgIpc) is 2.44. The SMILES string of the molecule is CSCC[C@H](N)C(=O)NC(C)c1cccc([N+](=O)[O-])c1. The average molecular weight is 297 g/mol. The fourth-order valence-corrected chi connectivity index (χ4v) is 2.18. The van der Waals surface area contributed by atoms with E-state index in [4.69, 9.17) is 5.73 Å². The Labute approximate surface area is 122 Å². The molecule has 20 heavy (non-hydrogen) atoms. The van der Waals surface area contributed by atoms with Gasteiger partial charge in [-0.1, -0.05) is 12.1 Å². The smallest absolute Gasteiger partial charge is 0.269 e. The lowest BCUT2D eigenvalue weighted by molar-refractivity contribution is -0.384. The Bertz CT molecular complexity index is 482. The van der Waals surface area contributed by atoms with Crippen LogP contribution in [0.5, 0.6) is 0 Å². The van der Waals surface area contributed by atoms with Crippen LogP contribution in [0.15, 0.2) is 24.3 Å². The summed E-state index contributed by atoms with van der Waals surface area (Å²) in [7, 11) is 0. The molecule has 110 valence electrons. The highest BCUT2D eigenvalue weighted by atomic mass is 32.2. The zero-order valence-electron chi connectivity index (χ0n) is 11.5. The number of hydrogen-bond acceptors (Lipinski definition) is 5. The van der Waals surface area contributed by atoms with E-state index in [1.54, 1.807) is 30.8 Å². The van der Waals surface area contributed by atoms with Crippen LogP contribution in [0.25, 0.3) is 0 Å². The highest BCUT2D eigenvalue weighted by Crippen LogP contribution is 2.19. The molecule has 1 aromatic carbocycles. The van der Waals surface area contributed by atoms with Crippen LogP contribution >= 0.6 is 11.8 Å². The highest BCUT2D eigenvalue weighted by Gasteiger charge is 2.17. The largest absolute Gasteiger partial charge is 0.348 e. The van der Waals surface area contributed by atoms with Gasteiger partial charge in [0.05, 0.1) is 17.0 Å². The molecule has 3 N–H and O–H groups in total. The molecule has 0 aliphatic rings. The molecule has 1 aromatic rings. The van der Waals surface area contributed by atoms with Crippen LogP contribution in [-0.2, 0) is 4.79 Å². The molecule has 0 fully saturated rings. The van der Waals surface area contributed by atoms with Gasteiger partial charge in [0, 0.05) is 12.1 Å². The third-order valence-corrected chi connectivity index (χ3v) is 3.55. The Morgan fingerprint density at radius 3 is 2.85 bits per heavy atom. The van der Waals surface area contributed by atoms with Crippen LogP contribution in [0, 0.1) is 10.1 Å². The van der Waals surface area contributed by atoms with Crippen molar-refractivity contribution in [3.05, 3.63) is 39.9 Å². The van der Waals surface area contributed by atoms with Gasteiger partial charge in [-0.15, -0.1) is 0 Å². The van der Waals surface area contributed by atoms with Gasteiger partial charge in [-0.2, -0.15) is 11.8 Å². The summed E-state index contributed by atoms with van der Waals surface area (Å²) < 4.78 is 0. The van der Waals surface area contributed by atoms with Crippen LogP contribution in [0.2, 0.25) is 0 Å². The summed E-state index contributed by atoms with van der Waals surface area (Å²) in [5, 5.41) is 13.5. The van der Waals surface area contributed by atoms with E-state index >= 15 is 0 Å². The molecule has 0 aromatic heterocycles. The number of nitrogens with zero attached hydrogens (tertiary/aromatic N) is 1. The van der Waals surface area contributed by atoms with Crippen molar-refractivity contribution < 1.29 is 9.72 Å². The van der Waals surface area contributed by atoms with Crippen LogP contribution in [-0.4, -0.2) is 28.9 Å². The van der Waals surface area contributed by atoms with Crippen molar-refractivity contribution in [2.45, 2.75) is 25.4 Å². The number of carbonyl (C=O) groups is 1. The van der Waals surface area contributed by atoms with Gasteiger partial charge in [0.25, 0.3) is 5.69 Å². The first-order chi connectivity index (χ1) is 9.45. The molecule has 0 saturated carbocycles. The zero-order chi connectivity index (χ0) is 15.1. The van der Waals surface area contributed by atoms with Gasteiger partial charge < -0.3 is 11.1 Å². The van der Waals surface area contributed by atoms with Crippen LogP contribution in [0.3, 0.4) is 0 Å². The molecule has 0 radical (unpaired) electrons. The maximum Gasteiger partial charge on any atom is 0.269 e. The number of nitrogens with one attached hydrogen (secondary N) is 1. The molecule has 7 heteroatoms. The molecule has 1 amide bonds. The molecule has 0 aliphatic heterocycles. The predicted octanol–water partition coefficient (Wildman–Crippen LogP) is 1.85. The zero-order valence-corrected chi connectivity index (χ0v) is 12.4. The van der Waals surface area contributed by atoms with Crippen LogP contribution in [0.4, 0.5) is 5.69 Å². The monoisotopic (exact) mass is 297 g/mol. The van der Waals surface area contributed by atoms with E-state index in [9.17, 15) is 14.9 Å². The molecule has 0 aliphatic carbocycles. The second-order valence-corrected chi connectivity index (χ2v) is 5.46. The lowest BCUT2D eigenvalue weighted by atomic mass is 10.1. The summed E-state index contributed by atoms with van der Waals surface area (Å²) in [5.74, 6) is 0.581. The predicted molar refractivity (Wildman–Crippen MR) is 80.6 cm³/mol. The number of nitrogens with two attached hydrogens (primary N) is 1. The van der Waals surface area contributed by atoms with Crippen molar-refractivity contribution in [1.29, 1.82) is 0 Å². The Morgan fingerprint density at radius 1 is 1.55 bits per heavy atom. The first kappa shape index (κ1) is 16.5. The van der Waals surface area contributed by atoms with E-state index in [-0.39, 0.29) is 17.6 Å². The molecule has 0 saturated heterocycles. The van der Waals surface area contributed by atoms with Gasteiger partial charge in [-0.3, -0.25) is 14.9 Å². The van der Waals surface area contributed by atoms with Gasteiger partial charge in [0.15, 0.2) is 0 Å². The number of hydrogen-bond donors (Lipinski definition) is 2. The molecule has 6 nitrogen and oxygen atoms in total. The molecule has 0 bridgehead atoms. The van der Waals surface area contributed by atoms with Crippen molar-refractivity contribution in [3.8, 4) is 0 Å². The third kappa shape index (κ3) is 4.82. The number of non-ortho nitro benzene ring substituents is 1. The molecule has 0 heterocycles. The summed E-state index contributed by atoms with van der Waals surface area (Å²) in [6, 6.07) is 5.35. The second kappa shape index (κ2) is 7.86. The number of benzene rings is 1. The second-order valence-electron chi connectivity index (χ2n) is 4.47. The topological polar surface area (TPSA) is 98.3 Å². The van der Waals surface area contributed by atoms with Crippen molar-refractivity contribution in [2.75, 3.05) is 12.0 Å². The number of thioether (sulfide) groups is 1. The Balaban J connectivity index is 2.66. The lowest BCUT2D eigenvalue weighted by Crippen LogP contribution is -2.41. The van der Waals surface area contributed by atoms with E-state index in [1.165, 1.54) is 12.1 Å². The van der Waals surface area contributed by atoms with Crippen molar-refractivity contribution in [3.63, 3.8) is 0 Å². The number of amides is 1. The van der Waals surface area contributed by atoms with Gasteiger partial charge in [-0.25, -0.2) is 0 Å². The third-order valence-electron chi connectivity index (χ3n) is 2.91. The van der Waals surface area contributed by atoms with E-state index < -0.39 is 11.0 Å². The normalized spacial score (nSPS) is 13.6. The van der Waals surface area contributed by atoms with Gasteiger partial charge >= 0.3 is 0 Å². The number of nitro groups is 1. The Hall–Kier alpha value is -1.60. The molecule has 1 unspecified atom stereocenters. The Kier molecular flexibility index (Phi) is 6.47. The highest BCUT2D eigenvalue weighted by molar-refractivity contribution is 7.98. The number of carbonyl (C=O) groups excluding carboxylic acids is 1. The maximum absolute atomic E-state index is 11.9. The molecular formula is C13H19N3O3S. The summed E-state index contributed by atoms with van der Waals surface area (Å²) in [6.07, 6.45) is 2.56.